The number of halogens is 1. The number of rotatable bonds is 7. The standard InChI is InChI=1S/C25H27BrN2O6/c1-14(2)34-25(32)17-5-7-19(8-6-17)28-12-18(11-23(28)30)24(31)33-13-22(29)27-21-10-9-20(26)15(3)16(21)4/h5-10,14,18H,11-13H2,1-4H3,(H,27,29)/t18-/m0/s1. The van der Waals surface area contributed by atoms with Crippen LogP contribution in [0, 0.1) is 19.8 Å². The highest BCUT2D eigenvalue weighted by molar-refractivity contribution is 9.10. The topological polar surface area (TPSA) is 102 Å². The van der Waals surface area contributed by atoms with Crippen LogP contribution in [0.2, 0.25) is 0 Å². The third-order valence-corrected chi connectivity index (χ3v) is 6.42. The van der Waals surface area contributed by atoms with Crippen molar-refractivity contribution in [2.24, 2.45) is 5.92 Å². The van der Waals surface area contributed by atoms with E-state index in [1.165, 1.54) is 4.90 Å². The Morgan fingerprint density at radius 2 is 1.76 bits per heavy atom. The van der Waals surface area contributed by atoms with Crippen LogP contribution in [-0.4, -0.2) is 43.0 Å². The van der Waals surface area contributed by atoms with Crippen molar-refractivity contribution < 1.29 is 28.7 Å². The maximum atomic E-state index is 12.5. The van der Waals surface area contributed by atoms with Gasteiger partial charge in [-0.1, -0.05) is 15.9 Å². The lowest BCUT2D eigenvalue weighted by molar-refractivity contribution is -0.151. The van der Waals surface area contributed by atoms with Gasteiger partial charge in [-0.15, -0.1) is 0 Å². The fraction of sp³-hybridized carbons (Fsp3) is 0.360. The van der Waals surface area contributed by atoms with Crippen LogP contribution in [0.1, 0.15) is 41.8 Å². The van der Waals surface area contributed by atoms with Crippen LogP contribution in [0.4, 0.5) is 11.4 Å². The monoisotopic (exact) mass is 530 g/mol. The van der Waals surface area contributed by atoms with E-state index in [0.29, 0.717) is 16.9 Å². The maximum absolute atomic E-state index is 12.5. The van der Waals surface area contributed by atoms with Gasteiger partial charge in [0, 0.05) is 28.8 Å². The first kappa shape index (κ1) is 25.4. The SMILES string of the molecule is Cc1c(Br)ccc(NC(=O)COC(=O)[C@H]2CC(=O)N(c3ccc(C(=O)OC(C)C)cc3)C2)c1C. The van der Waals surface area contributed by atoms with Crippen molar-refractivity contribution in [3.8, 4) is 0 Å². The van der Waals surface area contributed by atoms with Crippen LogP contribution in [0.25, 0.3) is 0 Å². The van der Waals surface area contributed by atoms with Gasteiger partial charge in [0.2, 0.25) is 5.91 Å². The average Bonchev–Trinajstić information content (AvgIpc) is 3.19. The third-order valence-electron chi connectivity index (χ3n) is 5.56. The molecule has 1 atom stereocenters. The third kappa shape index (κ3) is 6.02. The first-order valence-electron chi connectivity index (χ1n) is 10.9. The highest BCUT2D eigenvalue weighted by atomic mass is 79.9. The molecule has 8 nitrogen and oxygen atoms in total. The molecule has 180 valence electrons. The summed E-state index contributed by atoms with van der Waals surface area (Å²) in [6.45, 7) is 7.05. The summed E-state index contributed by atoms with van der Waals surface area (Å²) in [7, 11) is 0. The normalized spacial score (nSPS) is 15.4. The largest absolute Gasteiger partial charge is 0.459 e. The summed E-state index contributed by atoms with van der Waals surface area (Å²) in [5.41, 5.74) is 3.51. The summed E-state index contributed by atoms with van der Waals surface area (Å²) in [5.74, 6) is -2.41. The van der Waals surface area contributed by atoms with Gasteiger partial charge in [-0.3, -0.25) is 14.4 Å². The Morgan fingerprint density at radius 1 is 1.09 bits per heavy atom. The number of esters is 2. The van der Waals surface area contributed by atoms with E-state index in [-0.39, 0.29) is 25.0 Å². The minimum absolute atomic E-state index is 0.0113. The summed E-state index contributed by atoms with van der Waals surface area (Å²) >= 11 is 3.44. The second-order valence-electron chi connectivity index (χ2n) is 8.41. The molecule has 1 aliphatic rings. The quantitative estimate of drug-likeness (QED) is 0.539. The smallest absolute Gasteiger partial charge is 0.338 e. The summed E-state index contributed by atoms with van der Waals surface area (Å²) in [6.07, 6.45) is -0.244. The van der Waals surface area contributed by atoms with E-state index in [0.717, 1.165) is 15.6 Å². The zero-order valence-corrected chi connectivity index (χ0v) is 21.1. The van der Waals surface area contributed by atoms with Gasteiger partial charge in [0.1, 0.15) is 0 Å². The van der Waals surface area contributed by atoms with Crippen LogP contribution < -0.4 is 10.2 Å². The van der Waals surface area contributed by atoms with Gasteiger partial charge < -0.3 is 19.7 Å². The van der Waals surface area contributed by atoms with Crippen LogP contribution in [0.15, 0.2) is 40.9 Å². The van der Waals surface area contributed by atoms with Crippen molar-refractivity contribution in [2.45, 2.75) is 40.2 Å². The molecular formula is C25H27BrN2O6. The Labute approximate surface area is 206 Å². The highest BCUT2D eigenvalue weighted by Gasteiger charge is 2.36. The minimum Gasteiger partial charge on any atom is -0.459 e. The maximum Gasteiger partial charge on any atom is 0.338 e. The molecule has 0 spiro atoms. The number of ether oxygens (including phenoxy) is 2. The van der Waals surface area contributed by atoms with Crippen LogP contribution in [0.3, 0.4) is 0 Å². The second-order valence-corrected chi connectivity index (χ2v) is 9.26. The number of anilines is 2. The van der Waals surface area contributed by atoms with E-state index >= 15 is 0 Å². The van der Waals surface area contributed by atoms with Crippen LogP contribution in [-0.2, 0) is 23.9 Å². The number of amides is 2. The van der Waals surface area contributed by atoms with Crippen molar-refractivity contribution in [3.05, 3.63) is 57.6 Å². The predicted molar refractivity (Wildman–Crippen MR) is 131 cm³/mol. The Kier molecular flexibility index (Phi) is 8.09. The Bertz CT molecular complexity index is 1110. The highest BCUT2D eigenvalue weighted by Crippen LogP contribution is 2.27. The fourth-order valence-corrected chi connectivity index (χ4v) is 3.97. The molecule has 0 aromatic heterocycles. The van der Waals surface area contributed by atoms with Crippen LogP contribution in [0.5, 0.6) is 0 Å². The van der Waals surface area contributed by atoms with E-state index < -0.39 is 30.4 Å². The first-order chi connectivity index (χ1) is 16.1. The van der Waals surface area contributed by atoms with Crippen LogP contribution >= 0.6 is 15.9 Å². The summed E-state index contributed by atoms with van der Waals surface area (Å²) in [4.78, 5) is 50.7. The number of hydrogen-bond acceptors (Lipinski definition) is 6. The number of carbonyl (C=O) groups is 4. The van der Waals surface area contributed by atoms with E-state index in [9.17, 15) is 19.2 Å². The van der Waals surface area contributed by atoms with Crippen molar-refractivity contribution in [1.82, 2.24) is 0 Å². The lowest BCUT2D eigenvalue weighted by Crippen LogP contribution is -2.28. The summed E-state index contributed by atoms with van der Waals surface area (Å²) in [6, 6.07) is 10.0. The van der Waals surface area contributed by atoms with Gasteiger partial charge in [-0.25, -0.2) is 4.79 Å². The molecule has 0 bridgehead atoms. The molecule has 2 aromatic rings. The zero-order valence-electron chi connectivity index (χ0n) is 19.5. The minimum atomic E-state index is -0.678. The molecule has 0 aliphatic carbocycles. The number of benzene rings is 2. The molecule has 1 aliphatic heterocycles. The number of nitrogens with one attached hydrogen (secondary N) is 1. The molecule has 0 unspecified atom stereocenters. The lowest BCUT2D eigenvalue weighted by Gasteiger charge is -2.17. The molecule has 1 fully saturated rings. The molecule has 1 saturated heterocycles. The van der Waals surface area contributed by atoms with Gasteiger partial charge in [-0.05, 0) is 75.2 Å². The first-order valence-corrected chi connectivity index (χ1v) is 11.7. The molecule has 1 N–H and O–H groups in total. The number of carbonyl (C=O) groups excluding carboxylic acids is 4. The zero-order chi connectivity index (χ0) is 25.0. The second kappa shape index (κ2) is 10.8. The molecular weight excluding hydrogens is 504 g/mol. The molecule has 1 heterocycles. The summed E-state index contributed by atoms with van der Waals surface area (Å²) in [5, 5.41) is 2.74. The van der Waals surface area contributed by atoms with E-state index in [2.05, 4.69) is 21.2 Å². The Morgan fingerprint density at radius 3 is 2.41 bits per heavy atom. The average molecular weight is 531 g/mol. The molecule has 3 rings (SSSR count). The van der Waals surface area contributed by atoms with Gasteiger partial charge in [0.15, 0.2) is 6.61 Å². The van der Waals surface area contributed by atoms with E-state index in [1.807, 2.05) is 19.9 Å². The van der Waals surface area contributed by atoms with Gasteiger partial charge in [0.25, 0.3) is 5.91 Å². The van der Waals surface area contributed by atoms with E-state index in [1.54, 1.807) is 44.2 Å². The lowest BCUT2D eigenvalue weighted by atomic mass is 10.1. The molecule has 0 radical (unpaired) electrons. The van der Waals surface area contributed by atoms with E-state index in [4.69, 9.17) is 9.47 Å². The van der Waals surface area contributed by atoms with Crippen molar-refractivity contribution in [2.75, 3.05) is 23.4 Å². The Balaban J connectivity index is 1.54. The molecule has 2 amide bonds. The molecule has 2 aromatic carbocycles. The molecule has 9 heteroatoms. The van der Waals surface area contributed by atoms with Crippen molar-refractivity contribution >= 4 is 51.1 Å². The summed E-state index contributed by atoms with van der Waals surface area (Å²) < 4.78 is 11.3. The Hall–Kier alpha value is -3.20. The molecule has 34 heavy (non-hydrogen) atoms. The molecule has 0 saturated carbocycles. The number of nitrogens with zero attached hydrogens (tertiary/aromatic N) is 1. The van der Waals surface area contributed by atoms with Gasteiger partial charge in [-0.2, -0.15) is 0 Å². The fourth-order valence-electron chi connectivity index (χ4n) is 3.54. The van der Waals surface area contributed by atoms with Gasteiger partial charge in [0.05, 0.1) is 17.6 Å². The van der Waals surface area contributed by atoms with Gasteiger partial charge >= 0.3 is 11.9 Å². The predicted octanol–water partition coefficient (Wildman–Crippen LogP) is 4.17. The van der Waals surface area contributed by atoms with Crippen molar-refractivity contribution in [3.63, 3.8) is 0 Å². The van der Waals surface area contributed by atoms with Crippen molar-refractivity contribution in [1.29, 1.82) is 0 Å². The number of hydrogen-bond donors (Lipinski definition) is 1.